The summed E-state index contributed by atoms with van der Waals surface area (Å²) in [6, 6.07) is 5.30. The van der Waals surface area contributed by atoms with E-state index in [1.807, 2.05) is 26.8 Å². The van der Waals surface area contributed by atoms with Crippen LogP contribution < -0.4 is 11.1 Å². The topological polar surface area (TPSA) is 55.1 Å². The summed E-state index contributed by atoms with van der Waals surface area (Å²) in [6.07, 6.45) is 1.66. The highest BCUT2D eigenvalue weighted by atomic mass is 35.5. The van der Waals surface area contributed by atoms with Crippen molar-refractivity contribution in [2.45, 2.75) is 39.2 Å². The number of nitrogens with two attached hydrogens (primary N) is 1. The van der Waals surface area contributed by atoms with E-state index in [2.05, 4.69) is 5.32 Å². The maximum absolute atomic E-state index is 12.1. The SMILES string of the molecule is CCC(N)(CC)CNC(=O)c1cc(Cl)ccc1C. The molecule has 0 aliphatic rings. The van der Waals surface area contributed by atoms with Gasteiger partial charge in [-0.1, -0.05) is 31.5 Å². The molecule has 1 aromatic carbocycles. The average molecular weight is 269 g/mol. The van der Waals surface area contributed by atoms with Crippen molar-refractivity contribution in [3.63, 3.8) is 0 Å². The van der Waals surface area contributed by atoms with E-state index in [0.29, 0.717) is 17.1 Å². The molecule has 0 radical (unpaired) electrons. The zero-order valence-electron chi connectivity index (χ0n) is 11.2. The first-order valence-electron chi connectivity index (χ1n) is 6.25. The Morgan fingerprint density at radius 3 is 2.56 bits per heavy atom. The Bertz CT molecular complexity index is 428. The molecule has 0 aliphatic heterocycles. The smallest absolute Gasteiger partial charge is 0.251 e. The van der Waals surface area contributed by atoms with Crippen molar-refractivity contribution in [2.75, 3.05) is 6.54 Å². The standard InChI is InChI=1S/C14H21ClN2O/c1-4-14(16,5-2)9-17-13(18)12-8-11(15)7-6-10(12)3/h6-8H,4-5,9,16H2,1-3H3,(H,17,18). The van der Waals surface area contributed by atoms with Crippen molar-refractivity contribution in [1.82, 2.24) is 5.32 Å². The molecule has 1 aromatic rings. The minimum Gasteiger partial charge on any atom is -0.350 e. The molecule has 0 bridgehead atoms. The van der Waals surface area contributed by atoms with Gasteiger partial charge in [0.1, 0.15) is 0 Å². The number of nitrogens with one attached hydrogen (secondary N) is 1. The number of hydrogen-bond acceptors (Lipinski definition) is 2. The van der Waals surface area contributed by atoms with E-state index in [4.69, 9.17) is 17.3 Å². The zero-order chi connectivity index (χ0) is 13.8. The van der Waals surface area contributed by atoms with E-state index in [1.54, 1.807) is 12.1 Å². The Kier molecular flexibility index (Phi) is 5.17. The summed E-state index contributed by atoms with van der Waals surface area (Å²) in [6.45, 7) is 6.42. The number of aryl methyl sites for hydroxylation is 1. The summed E-state index contributed by atoms with van der Waals surface area (Å²) in [5, 5.41) is 3.45. The molecular weight excluding hydrogens is 248 g/mol. The van der Waals surface area contributed by atoms with Gasteiger partial charge in [-0.15, -0.1) is 0 Å². The zero-order valence-corrected chi connectivity index (χ0v) is 12.0. The van der Waals surface area contributed by atoms with Crippen LogP contribution in [0.3, 0.4) is 0 Å². The van der Waals surface area contributed by atoms with Gasteiger partial charge in [0.2, 0.25) is 0 Å². The first-order chi connectivity index (χ1) is 8.41. The van der Waals surface area contributed by atoms with Gasteiger partial charge in [0, 0.05) is 22.7 Å². The molecule has 3 N–H and O–H groups in total. The van der Waals surface area contributed by atoms with Gasteiger partial charge in [0.25, 0.3) is 5.91 Å². The van der Waals surface area contributed by atoms with E-state index in [0.717, 1.165) is 18.4 Å². The molecule has 0 spiro atoms. The van der Waals surface area contributed by atoms with Gasteiger partial charge in [0.05, 0.1) is 0 Å². The maximum atomic E-state index is 12.1. The Morgan fingerprint density at radius 1 is 1.39 bits per heavy atom. The van der Waals surface area contributed by atoms with Crippen LogP contribution in [0, 0.1) is 6.92 Å². The minimum absolute atomic E-state index is 0.119. The summed E-state index contributed by atoms with van der Waals surface area (Å²) < 4.78 is 0. The van der Waals surface area contributed by atoms with Crippen molar-refractivity contribution in [3.05, 3.63) is 34.3 Å². The van der Waals surface area contributed by atoms with Gasteiger partial charge in [-0.05, 0) is 37.5 Å². The summed E-state index contributed by atoms with van der Waals surface area (Å²) in [4.78, 5) is 12.1. The molecule has 0 atom stereocenters. The van der Waals surface area contributed by atoms with Gasteiger partial charge >= 0.3 is 0 Å². The molecule has 0 unspecified atom stereocenters. The molecule has 100 valence electrons. The van der Waals surface area contributed by atoms with Gasteiger partial charge in [-0.3, -0.25) is 4.79 Å². The van der Waals surface area contributed by atoms with Crippen LogP contribution in [0.5, 0.6) is 0 Å². The van der Waals surface area contributed by atoms with Crippen LogP contribution in [0.2, 0.25) is 5.02 Å². The summed E-state index contributed by atoms with van der Waals surface area (Å²) in [7, 11) is 0. The van der Waals surface area contributed by atoms with Crippen LogP contribution in [0.4, 0.5) is 0 Å². The second-order valence-corrected chi connectivity index (χ2v) is 5.15. The molecule has 0 saturated heterocycles. The predicted molar refractivity (Wildman–Crippen MR) is 76.0 cm³/mol. The largest absolute Gasteiger partial charge is 0.350 e. The molecule has 0 aliphatic carbocycles. The Hall–Kier alpha value is -1.06. The Balaban J connectivity index is 2.74. The lowest BCUT2D eigenvalue weighted by Crippen LogP contribution is -2.49. The van der Waals surface area contributed by atoms with E-state index in [1.165, 1.54) is 0 Å². The third kappa shape index (κ3) is 3.72. The highest BCUT2D eigenvalue weighted by Gasteiger charge is 2.21. The van der Waals surface area contributed by atoms with Crippen molar-refractivity contribution >= 4 is 17.5 Å². The van der Waals surface area contributed by atoms with E-state index < -0.39 is 0 Å². The number of rotatable bonds is 5. The number of amides is 1. The molecule has 1 rings (SSSR count). The van der Waals surface area contributed by atoms with E-state index in [9.17, 15) is 4.79 Å². The highest BCUT2D eigenvalue weighted by Crippen LogP contribution is 2.16. The first-order valence-corrected chi connectivity index (χ1v) is 6.63. The van der Waals surface area contributed by atoms with Crippen LogP contribution in [-0.4, -0.2) is 18.0 Å². The molecule has 0 fully saturated rings. The van der Waals surface area contributed by atoms with Crippen molar-refractivity contribution in [1.29, 1.82) is 0 Å². The molecular formula is C14H21ClN2O. The number of carbonyl (C=O) groups excluding carboxylic acids is 1. The lowest BCUT2D eigenvalue weighted by molar-refractivity contribution is 0.0941. The van der Waals surface area contributed by atoms with Crippen molar-refractivity contribution < 1.29 is 4.79 Å². The van der Waals surface area contributed by atoms with Crippen LogP contribution in [0.25, 0.3) is 0 Å². The lowest BCUT2D eigenvalue weighted by atomic mass is 9.94. The van der Waals surface area contributed by atoms with Gasteiger partial charge in [-0.25, -0.2) is 0 Å². The average Bonchev–Trinajstić information content (AvgIpc) is 2.38. The molecule has 18 heavy (non-hydrogen) atoms. The van der Waals surface area contributed by atoms with E-state index in [-0.39, 0.29) is 11.4 Å². The number of benzene rings is 1. The van der Waals surface area contributed by atoms with Crippen molar-refractivity contribution in [2.24, 2.45) is 5.73 Å². The fourth-order valence-electron chi connectivity index (χ4n) is 1.69. The van der Waals surface area contributed by atoms with Crippen LogP contribution in [-0.2, 0) is 0 Å². The quantitative estimate of drug-likeness (QED) is 0.863. The minimum atomic E-state index is -0.331. The fourth-order valence-corrected chi connectivity index (χ4v) is 1.86. The molecule has 4 heteroatoms. The van der Waals surface area contributed by atoms with Gasteiger partial charge in [0.15, 0.2) is 0 Å². The third-order valence-electron chi connectivity index (χ3n) is 3.45. The summed E-state index contributed by atoms with van der Waals surface area (Å²) in [5.41, 5.74) is 7.34. The predicted octanol–water partition coefficient (Wildman–Crippen LogP) is 2.90. The van der Waals surface area contributed by atoms with Crippen molar-refractivity contribution in [3.8, 4) is 0 Å². The monoisotopic (exact) mass is 268 g/mol. The molecule has 0 heterocycles. The van der Waals surface area contributed by atoms with Gasteiger partial charge < -0.3 is 11.1 Å². The Morgan fingerprint density at radius 2 is 2.00 bits per heavy atom. The number of hydrogen-bond donors (Lipinski definition) is 2. The van der Waals surface area contributed by atoms with Crippen LogP contribution in [0.1, 0.15) is 42.6 Å². The first kappa shape index (κ1) is 15.0. The molecule has 0 aromatic heterocycles. The Labute approximate surface area is 114 Å². The molecule has 3 nitrogen and oxygen atoms in total. The summed E-state index contributed by atoms with van der Waals surface area (Å²) in [5.74, 6) is -0.119. The third-order valence-corrected chi connectivity index (χ3v) is 3.69. The second-order valence-electron chi connectivity index (χ2n) is 4.71. The van der Waals surface area contributed by atoms with Gasteiger partial charge in [-0.2, -0.15) is 0 Å². The van der Waals surface area contributed by atoms with Crippen LogP contribution in [0.15, 0.2) is 18.2 Å². The molecule has 0 saturated carbocycles. The molecule has 1 amide bonds. The lowest BCUT2D eigenvalue weighted by Gasteiger charge is -2.27. The normalized spacial score (nSPS) is 11.4. The maximum Gasteiger partial charge on any atom is 0.251 e. The second kappa shape index (κ2) is 6.21. The van der Waals surface area contributed by atoms with E-state index >= 15 is 0 Å². The van der Waals surface area contributed by atoms with Crippen LogP contribution >= 0.6 is 11.6 Å². The number of halogens is 1. The summed E-state index contributed by atoms with van der Waals surface area (Å²) >= 11 is 5.90. The highest BCUT2D eigenvalue weighted by molar-refractivity contribution is 6.31. The number of carbonyl (C=O) groups is 1. The fraction of sp³-hybridized carbons (Fsp3) is 0.500.